The zero-order valence-corrected chi connectivity index (χ0v) is 17.8. The zero-order valence-electron chi connectivity index (χ0n) is 16.2. The van der Waals surface area contributed by atoms with Gasteiger partial charge in [-0.2, -0.15) is 0 Å². The summed E-state index contributed by atoms with van der Waals surface area (Å²) in [6.07, 6.45) is 3.99. The van der Waals surface area contributed by atoms with Gasteiger partial charge in [0.1, 0.15) is 6.10 Å². The van der Waals surface area contributed by atoms with Gasteiger partial charge in [0.15, 0.2) is 0 Å². The summed E-state index contributed by atoms with van der Waals surface area (Å²) in [6.45, 7) is -0.0501. The Bertz CT molecular complexity index is 941. The Morgan fingerprint density at radius 3 is 2.67 bits per heavy atom. The van der Waals surface area contributed by atoms with Crippen LogP contribution in [-0.4, -0.2) is 55.8 Å². The van der Waals surface area contributed by atoms with E-state index >= 15 is 0 Å². The maximum atomic E-state index is 12.3. The summed E-state index contributed by atoms with van der Waals surface area (Å²) in [5.74, 6) is -0.274. The molecule has 0 unspecified atom stereocenters. The molecular formula is C20H24ClN3O5S. The Hall–Kier alpha value is -2.04. The monoisotopic (exact) mass is 453 g/mol. The van der Waals surface area contributed by atoms with Crippen LogP contribution in [0, 0.1) is 0 Å². The number of nitrogens with one attached hydrogen (secondary N) is 2. The molecule has 1 aromatic heterocycles. The molecule has 0 spiro atoms. The molecule has 30 heavy (non-hydrogen) atoms. The first-order valence-electron chi connectivity index (χ1n) is 9.61. The number of benzene rings is 1. The third-order valence-corrected chi connectivity index (χ3v) is 6.65. The second kappa shape index (κ2) is 10.3. The average molecular weight is 454 g/mol. The van der Waals surface area contributed by atoms with Gasteiger partial charge in [-0.25, -0.2) is 13.1 Å². The first kappa shape index (κ1) is 22.6. The third kappa shape index (κ3) is 5.99. The lowest BCUT2D eigenvalue weighted by Crippen LogP contribution is -2.51. The summed E-state index contributed by atoms with van der Waals surface area (Å²) >= 11 is 5.79. The maximum absolute atomic E-state index is 12.3. The van der Waals surface area contributed by atoms with Crippen LogP contribution in [0.15, 0.2) is 53.7 Å². The third-order valence-electron chi connectivity index (χ3n) is 4.92. The maximum Gasteiger partial charge on any atom is 0.253 e. The number of rotatable bonds is 8. The van der Waals surface area contributed by atoms with E-state index in [0.717, 1.165) is 0 Å². The summed E-state index contributed by atoms with van der Waals surface area (Å²) < 4.78 is 33.1. The van der Waals surface area contributed by atoms with Gasteiger partial charge in [-0.3, -0.25) is 9.78 Å². The lowest BCUT2D eigenvalue weighted by atomic mass is 9.97. The SMILES string of the molecule is O=C(N[C@@H]1CC[C@@H](CCNS(=O)(=O)c2ccc(Cl)cc2)O[C@H]1CO)c1cccnc1. The van der Waals surface area contributed by atoms with Crippen molar-refractivity contribution in [2.45, 2.75) is 42.4 Å². The van der Waals surface area contributed by atoms with Crippen molar-refractivity contribution < 1.29 is 23.1 Å². The summed E-state index contributed by atoms with van der Waals surface area (Å²) in [4.78, 5) is 16.4. The van der Waals surface area contributed by atoms with E-state index in [0.29, 0.717) is 29.8 Å². The molecule has 2 heterocycles. The Morgan fingerprint density at radius 1 is 1.23 bits per heavy atom. The van der Waals surface area contributed by atoms with E-state index in [9.17, 15) is 18.3 Å². The van der Waals surface area contributed by atoms with Gasteiger partial charge >= 0.3 is 0 Å². The molecule has 3 rings (SSSR count). The Balaban J connectivity index is 1.49. The molecule has 0 radical (unpaired) electrons. The summed E-state index contributed by atoms with van der Waals surface area (Å²) in [5, 5.41) is 13.0. The molecule has 0 aliphatic carbocycles. The van der Waals surface area contributed by atoms with Crippen molar-refractivity contribution in [1.82, 2.24) is 15.0 Å². The van der Waals surface area contributed by atoms with Gasteiger partial charge in [0.2, 0.25) is 10.0 Å². The molecule has 1 amide bonds. The van der Waals surface area contributed by atoms with Gasteiger partial charge in [-0.1, -0.05) is 11.6 Å². The van der Waals surface area contributed by atoms with Crippen LogP contribution in [0.2, 0.25) is 5.02 Å². The van der Waals surface area contributed by atoms with Crippen LogP contribution < -0.4 is 10.0 Å². The van der Waals surface area contributed by atoms with Crippen LogP contribution in [0.25, 0.3) is 0 Å². The van der Waals surface area contributed by atoms with Gasteiger partial charge < -0.3 is 15.2 Å². The van der Waals surface area contributed by atoms with E-state index in [4.69, 9.17) is 16.3 Å². The second-order valence-electron chi connectivity index (χ2n) is 7.02. The molecule has 162 valence electrons. The Labute approximate surface area is 180 Å². The van der Waals surface area contributed by atoms with Crippen LogP contribution in [0.3, 0.4) is 0 Å². The van der Waals surface area contributed by atoms with E-state index in [-0.39, 0.29) is 36.1 Å². The molecule has 1 aromatic carbocycles. The minimum Gasteiger partial charge on any atom is -0.394 e. The molecule has 0 saturated carbocycles. The van der Waals surface area contributed by atoms with Crippen molar-refractivity contribution in [2.75, 3.05) is 13.2 Å². The van der Waals surface area contributed by atoms with Crippen LogP contribution in [0.4, 0.5) is 0 Å². The van der Waals surface area contributed by atoms with Crippen molar-refractivity contribution in [2.24, 2.45) is 0 Å². The highest BCUT2D eigenvalue weighted by molar-refractivity contribution is 7.89. The quantitative estimate of drug-likeness (QED) is 0.560. The molecule has 3 N–H and O–H groups in total. The highest BCUT2D eigenvalue weighted by Crippen LogP contribution is 2.22. The van der Waals surface area contributed by atoms with Crippen LogP contribution >= 0.6 is 11.6 Å². The molecule has 8 nitrogen and oxygen atoms in total. The topological polar surface area (TPSA) is 118 Å². The van der Waals surface area contributed by atoms with Crippen molar-refractivity contribution in [3.05, 3.63) is 59.4 Å². The van der Waals surface area contributed by atoms with E-state index in [1.54, 1.807) is 18.3 Å². The molecule has 10 heteroatoms. The fourth-order valence-electron chi connectivity index (χ4n) is 3.31. The number of carbonyl (C=O) groups is 1. The van der Waals surface area contributed by atoms with Gasteiger partial charge in [-0.15, -0.1) is 0 Å². The molecule has 1 fully saturated rings. The molecule has 2 aromatic rings. The number of ether oxygens (including phenoxy) is 1. The minimum absolute atomic E-state index is 0.142. The number of nitrogens with zero attached hydrogens (tertiary/aromatic N) is 1. The van der Waals surface area contributed by atoms with E-state index in [1.807, 2.05) is 0 Å². The van der Waals surface area contributed by atoms with E-state index < -0.39 is 16.1 Å². The highest BCUT2D eigenvalue weighted by atomic mass is 35.5. The summed E-state index contributed by atoms with van der Waals surface area (Å²) in [6, 6.07) is 8.94. The van der Waals surface area contributed by atoms with Gasteiger partial charge in [0.25, 0.3) is 5.91 Å². The normalized spacial score (nSPS) is 21.9. The van der Waals surface area contributed by atoms with Gasteiger partial charge in [-0.05, 0) is 55.7 Å². The lowest BCUT2D eigenvalue weighted by molar-refractivity contribution is -0.0891. The predicted octanol–water partition coefficient (Wildman–Crippen LogP) is 1.74. The van der Waals surface area contributed by atoms with Gasteiger partial charge in [0.05, 0.1) is 29.2 Å². The number of aliphatic hydroxyl groups is 1. The largest absolute Gasteiger partial charge is 0.394 e. The van der Waals surface area contributed by atoms with Crippen molar-refractivity contribution in [1.29, 1.82) is 0 Å². The number of amides is 1. The number of aromatic nitrogens is 1. The number of carbonyl (C=O) groups excluding carboxylic acids is 1. The zero-order chi connectivity index (χ0) is 21.6. The van der Waals surface area contributed by atoms with Crippen LogP contribution in [0.5, 0.6) is 0 Å². The van der Waals surface area contributed by atoms with E-state index in [2.05, 4.69) is 15.0 Å². The molecule has 0 bridgehead atoms. The Kier molecular flexibility index (Phi) is 7.79. The average Bonchev–Trinajstić information content (AvgIpc) is 2.75. The number of hydrogen-bond donors (Lipinski definition) is 3. The number of pyridine rings is 1. The fraction of sp³-hybridized carbons (Fsp3) is 0.400. The fourth-order valence-corrected chi connectivity index (χ4v) is 4.48. The first-order valence-corrected chi connectivity index (χ1v) is 11.5. The molecule has 1 saturated heterocycles. The smallest absolute Gasteiger partial charge is 0.253 e. The standard InChI is InChI=1S/C20H24ClN3O5S/c21-15-3-6-17(7-4-15)30(27,28)23-11-9-16-5-8-18(19(13-25)29-16)24-20(26)14-2-1-10-22-12-14/h1-4,6-7,10,12,16,18-19,23,25H,5,8-9,11,13H2,(H,24,26)/t16-,18+,19-/m0/s1. The van der Waals surface area contributed by atoms with Gasteiger partial charge in [0, 0.05) is 24.0 Å². The molecular weight excluding hydrogens is 430 g/mol. The number of hydrogen-bond acceptors (Lipinski definition) is 6. The first-order chi connectivity index (χ1) is 14.4. The lowest BCUT2D eigenvalue weighted by Gasteiger charge is -2.36. The summed E-state index contributed by atoms with van der Waals surface area (Å²) in [5.41, 5.74) is 0.438. The highest BCUT2D eigenvalue weighted by Gasteiger charge is 2.32. The molecule has 3 atom stereocenters. The van der Waals surface area contributed by atoms with Crippen molar-refractivity contribution in [3.8, 4) is 0 Å². The number of sulfonamides is 1. The van der Waals surface area contributed by atoms with Crippen LogP contribution in [0.1, 0.15) is 29.6 Å². The summed E-state index contributed by atoms with van der Waals surface area (Å²) in [7, 11) is -3.63. The molecule has 1 aliphatic rings. The van der Waals surface area contributed by atoms with Crippen molar-refractivity contribution in [3.63, 3.8) is 0 Å². The van der Waals surface area contributed by atoms with E-state index in [1.165, 1.54) is 30.5 Å². The Morgan fingerprint density at radius 2 is 2.00 bits per heavy atom. The van der Waals surface area contributed by atoms with Crippen molar-refractivity contribution >= 4 is 27.5 Å². The molecule has 1 aliphatic heterocycles. The minimum atomic E-state index is -3.63. The number of halogens is 1. The second-order valence-corrected chi connectivity index (χ2v) is 9.22. The predicted molar refractivity (Wildman–Crippen MR) is 112 cm³/mol. The van der Waals surface area contributed by atoms with Crippen LogP contribution in [-0.2, 0) is 14.8 Å². The number of aliphatic hydroxyl groups excluding tert-OH is 1.